The zero-order valence-corrected chi connectivity index (χ0v) is 19.1. The van der Waals surface area contributed by atoms with Crippen LogP contribution in [-0.2, 0) is 22.6 Å². The molecule has 0 unspecified atom stereocenters. The van der Waals surface area contributed by atoms with Gasteiger partial charge in [0, 0.05) is 35.2 Å². The lowest BCUT2D eigenvalue weighted by Gasteiger charge is -2.09. The highest BCUT2D eigenvalue weighted by molar-refractivity contribution is 5.92. The van der Waals surface area contributed by atoms with Crippen LogP contribution >= 0.6 is 0 Å². The van der Waals surface area contributed by atoms with Crippen molar-refractivity contribution in [3.8, 4) is 0 Å². The second-order valence-corrected chi connectivity index (χ2v) is 8.53. The average Bonchev–Trinajstić information content (AvgIpc) is 3.51. The molecule has 2 aromatic heterocycles. The quantitative estimate of drug-likeness (QED) is 0.548. The fourth-order valence-corrected chi connectivity index (χ4v) is 4.23. The number of carbonyl (C=O) groups is 2. The lowest BCUT2D eigenvalue weighted by atomic mass is 10.2. The van der Waals surface area contributed by atoms with Gasteiger partial charge in [-0.2, -0.15) is 5.10 Å². The first-order chi connectivity index (χ1) is 15.3. The zero-order valence-electron chi connectivity index (χ0n) is 19.1. The number of esters is 1. The Bertz CT molecular complexity index is 1140. The third kappa shape index (κ3) is 4.61. The van der Waals surface area contributed by atoms with E-state index < -0.39 is 5.97 Å². The Hall–Kier alpha value is -3.35. The van der Waals surface area contributed by atoms with Gasteiger partial charge in [0.2, 0.25) is 0 Å². The van der Waals surface area contributed by atoms with Gasteiger partial charge in [-0.15, -0.1) is 0 Å². The van der Waals surface area contributed by atoms with E-state index in [2.05, 4.69) is 27.1 Å². The van der Waals surface area contributed by atoms with E-state index in [0.29, 0.717) is 24.7 Å². The minimum Gasteiger partial charge on any atom is -0.452 e. The lowest BCUT2D eigenvalue weighted by molar-refractivity contribution is -0.124. The standard InChI is InChI=1S/C25H30N4O3/c1-16-12-22(19(4)29(16)21-10-11-21)25(31)32-15-24(30)26-13-23-17(2)27-28(18(23)3)14-20-8-6-5-7-9-20/h5-9,12,21H,10-11,13-15H2,1-4H3,(H,26,30). The first kappa shape index (κ1) is 21.9. The second kappa shape index (κ2) is 9.02. The van der Waals surface area contributed by atoms with E-state index in [1.807, 2.05) is 56.6 Å². The maximum atomic E-state index is 12.5. The van der Waals surface area contributed by atoms with Crippen molar-refractivity contribution in [2.75, 3.05) is 6.61 Å². The van der Waals surface area contributed by atoms with Gasteiger partial charge in [0.15, 0.2) is 6.61 Å². The predicted molar refractivity (Wildman–Crippen MR) is 122 cm³/mol. The number of carbonyl (C=O) groups excluding carboxylic acids is 2. The van der Waals surface area contributed by atoms with Crippen LogP contribution in [0.3, 0.4) is 0 Å². The van der Waals surface area contributed by atoms with Crippen LogP contribution in [0.5, 0.6) is 0 Å². The van der Waals surface area contributed by atoms with Crippen molar-refractivity contribution in [1.82, 2.24) is 19.7 Å². The Morgan fingerprint density at radius 1 is 1.09 bits per heavy atom. The third-order valence-corrected chi connectivity index (χ3v) is 6.12. The highest BCUT2D eigenvalue weighted by atomic mass is 16.5. The zero-order chi connectivity index (χ0) is 22.8. The molecule has 1 aromatic carbocycles. The molecule has 0 atom stereocenters. The van der Waals surface area contributed by atoms with Crippen LogP contribution in [0.15, 0.2) is 36.4 Å². The van der Waals surface area contributed by atoms with Gasteiger partial charge in [0.1, 0.15) is 0 Å². The van der Waals surface area contributed by atoms with Crippen LogP contribution in [0.1, 0.15) is 63.1 Å². The number of hydrogen-bond acceptors (Lipinski definition) is 4. The summed E-state index contributed by atoms with van der Waals surface area (Å²) in [6, 6.07) is 12.5. The normalized spacial score (nSPS) is 13.2. The molecule has 4 rings (SSSR count). The van der Waals surface area contributed by atoms with Gasteiger partial charge >= 0.3 is 5.97 Å². The smallest absolute Gasteiger partial charge is 0.340 e. The van der Waals surface area contributed by atoms with Gasteiger partial charge in [0.25, 0.3) is 5.91 Å². The van der Waals surface area contributed by atoms with Gasteiger partial charge in [0.05, 0.1) is 17.8 Å². The van der Waals surface area contributed by atoms with Gasteiger partial charge in [-0.05, 0) is 52.2 Å². The Morgan fingerprint density at radius 2 is 1.81 bits per heavy atom. The molecule has 32 heavy (non-hydrogen) atoms. The van der Waals surface area contributed by atoms with E-state index in [4.69, 9.17) is 4.74 Å². The molecule has 2 heterocycles. The van der Waals surface area contributed by atoms with E-state index in [9.17, 15) is 9.59 Å². The van der Waals surface area contributed by atoms with E-state index >= 15 is 0 Å². The number of nitrogens with zero attached hydrogens (tertiary/aromatic N) is 3. The minimum atomic E-state index is -0.455. The maximum absolute atomic E-state index is 12.5. The molecule has 7 heteroatoms. The van der Waals surface area contributed by atoms with Crippen LogP contribution in [0.2, 0.25) is 0 Å². The summed E-state index contributed by atoms with van der Waals surface area (Å²) >= 11 is 0. The molecule has 0 spiro atoms. The molecule has 0 bridgehead atoms. The molecule has 0 saturated heterocycles. The van der Waals surface area contributed by atoms with Crippen LogP contribution < -0.4 is 5.32 Å². The number of aromatic nitrogens is 3. The first-order valence-corrected chi connectivity index (χ1v) is 11.0. The van der Waals surface area contributed by atoms with Crippen molar-refractivity contribution < 1.29 is 14.3 Å². The maximum Gasteiger partial charge on any atom is 0.340 e. The molecule has 1 aliphatic carbocycles. The lowest BCUT2D eigenvalue weighted by Crippen LogP contribution is -2.28. The third-order valence-electron chi connectivity index (χ3n) is 6.12. The summed E-state index contributed by atoms with van der Waals surface area (Å²) in [6.45, 7) is 8.59. The molecular weight excluding hydrogens is 404 g/mol. The van der Waals surface area contributed by atoms with E-state index in [1.165, 1.54) is 5.56 Å². The molecule has 7 nitrogen and oxygen atoms in total. The summed E-state index contributed by atoms with van der Waals surface area (Å²) in [7, 11) is 0. The van der Waals surface area contributed by atoms with E-state index in [1.54, 1.807) is 0 Å². The topological polar surface area (TPSA) is 78.2 Å². The van der Waals surface area contributed by atoms with Crippen LogP contribution in [0, 0.1) is 27.7 Å². The summed E-state index contributed by atoms with van der Waals surface area (Å²) in [5.41, 5.74) is 6.54. The number of nitrogens with one attached hydrogen (secondary N) is 1. The van der Waals surface area contributed by atoms with Crippen molar-refractivity contribution in [3.05, 3.63) is 75.9 Å². The Kier molecular flexibility index (Phi) is 6.17. The van der Waals surface area contributed by atoms with Gasteiger partial charge < -0.3 is 14.6 Å². The fourth-order valence-electron chi connectivity index (χ4n) is 4.23. The summed E-state index contributed by atoms with van der Waals surface area (Å²) < 4.78 is 9.42. The number of ether oxygens (including phenoxy) is 1. The van der Waals surface area contributed by atoms with E-state index in [-0.39, 0.29) is 12.5 Å². The highest BCUT2D eigenvalue weighted by Gasteiger charge is 2.28. The largest absolute Gasteiger partial charge is 0.452 e. The molecule has 1 aliphatic rings. The second-order valence-electron chi connectivity index (χ2n) is 8.53. The molecule has 1 N–H and O–H groups in total. The van der Waals surface area contributed by atoms with Crippen LogP contribution in [0.4, 0.5) is 0 Å². The summed E-state index contributed by atoms with van der Waals surface area (Å²) in [5, 5.41) is 7.46. The first-order valence-electron chi connectivity index (χ1n) is 11.0. The van der Waals surface area contributed by atoms with Crippen molar-refractivity contribution >= 4 is 11.9 Å². The Balaban J connectivity index is 1.32. The molecule has 168 valence electrons. The highest BCUT2D eigenvalue weighted by Crippen LogP contribution is 2.38. The number of benzene rings is 1. The number of hydrogen-bond donors (Lipinski definition) is 1. The van der Waals surface area contributed by atoms with Crippen molar-refractivity contribution in [2.24, 2.45) is 0 Å². The van der Waals surface area contributed by atoms with Crippen LogP contribution in [0.25, 0.3) is 0 Å². The molecule has 1 fully saturated rings. The molecule has 3 aromatic rings. The molecule has 0 radical (unpaired) electrons. The summed E-state index contributed by atoms with van der Waals surface area (Å²) in [5.74, 6) is -0.785. The predicted octanol–water partition coefficient (Wildman–Crippen LogP) is 3.77. The van der Waals surface area contributed by atoms with Gasteiger partial charge in [-0.1, -0.05) is 30.3 Å². The molecule has 1 saturated carbocycles. The van der Waals surface area contributed by atoms with Crippen molar-refractivity contribution in [2.45, 2.75) is 59.7 Å². The number of amides is 1. The number of aryl methyl sites for hydroxylation is 2. The Labute approximate surface area is 188 Å². The van der Waals surface area contributed by atoms with E-state index in [0.717, 1.165) is 41.2 Å². The summed E-state index contributed by atoms with van der Waals surface area (Å²) in [6.07, 6.45) is 2.29. The fraction of sp³-hybridized carbons (Fsp3) is 0.400. The summed E-state index contributed by atoms with van der Waals surface area (Å²) in [4.78, 5) is 24.8. The minimum absolute atomic E-state index is 0.303. The SMILES string of the molecule is Cc1nn(Cc2ccccc2)c(C)c1CNC(=O)COC(=O)c1cc(C)n(C2CC2)c1C. The van der Waals surface area contributed by atoms with Gasteiger partial charge in [-0.3, -0.25) is 9.48 Å². The van der Waals surface area contributed by atoms with Crippen LogP contribution in [-0.4, -0.2) is 32.8 Å². The Morgan fingerprint density at radius 3 is 2.50 bits per heavy atom. The number of rotatable bonds is 8. The molecule has 0 aliphatic heterocycles. The van der Waals surface area contributed by atoms with Crippen molar-refractivity contribution in [3.63, 3.8) is 0 Å². The molecule has 1 amide bonds. The monoisotopic (exact) mass is 434 g/mol. The van der Waals surface area contributed by atoms with Gasteiger partial charge in [-0.25, -0.2) is 4.79 Å². The molecular formula is C25H30N4O3. The van der Waals surface area contributed by atoms with Crippen molar-refractivity contribution in [1.29, 1.82) is 0 Å². The average molecular weight is 435 g/mol.